The molecule has 2 heteroatoms. The molecule has 3 fully saturated rings. The van der Waals surface area contributed by atoms with E-state index in [9.17, 15) is 0 Å². The highest BCUT2D eigenvalue weighted by Crippen LogP contribution is 2.58. The highest BCUT2D eigenvalue weighted by molar-refractivity contribution is 5.05. The highest BCUT2D eigenvalue weighted by atomic mass is 15.1. The molecule has 6 unspecified atom stereocenters. The van der Waals surface area contributed by atoms with Crippen molar-refractivity contribution in [2.75, 3.05) is 20.6 Å². The first-order chi connectivity index (χ1) is 8.65. The maximum Gasteiger partial charge on any atom is 0.0103 e. The van der Waals surface area contributed by atoms with Crippen LogP contribution in [-0.4, -0.2) is 37.6 Å². The molecule has 2 bridgehead atoms. The van der Waals surface area contributed by atoms with E-state index in [2.05, 4.69) is 31.2 Å². The minimum absolute atomic E-state index is 0.691. The minimum atomic E-state index is 0.691. The fraction of sp³-hybridized carbons (Fsp3) is 1.00. The lowest BCUT2D eigenvalue weighted by atomic mass is 9.79. The van der Waals surface area contributed by atoms with Gasteiger partial charge in [0.05, 0.1) is 0 Å². The van der Waals surface area contributed by atoms with Crippen LogP contribution in [0.2, 0.25) is 0 Å². The van der Waals surface area contributed by atoms with Gasteiger partial charge in [-0.1, -0.05) is 6.42 Å². The lowest BCUT2D eigenvalue weighted by Gasteiger charge is -2.34. The number of fused-ring (bicyclic) bond motifs is 5. The Bertz CT molecular complexity index is 289. The molecular weight excluding hydrogens is 220 g/mol. The molecule has 0 aromatic heterocycles. The standard InChI is InChI=1S/C16H30N2/c1-11(7-8-18(2)3)17-16-10-12-9-15(16)14-6-4-5-13(12)14/h11-17H,4-10H2,1-3H3. The third-order valence-corrected chi connectivity index (χ3v) is 5.94. The van der Waals surface area contributed by atoms with E-state index in [4.69, 9.17) is 0 Å². The molecule has 0 aliphatic heterocycles. The van der Waals surface area contributed by atoms with Crippen molar-refractivity contribution >= 4 is 0 Å². The maximum atomic E-state index is 3.95. The Kier molecular flexibility index (Phi) is 3.68. The van der Waals surface area contributed by atoms with Crippen LogP contribution < -0.4 is 5.32 Å². The van der Waals surface area contributed by atoms with Crippen LogP contribution in [0.15, 0.2) is 0 Å². The molecule has 0 heterocycles. The van der Waals surface area contributed by atoms with Gasteiger partial charge in [0.25, 0.3) is 0 Å². The van der Waals surface area contributed by atoms with E-state index in [0.717, 1.165) is 29.7 Å². The normalized spacial score (nSPS) is 43.7. The number of nitrogens with one attached hydrogen (secondary N) is 1. The van der Waals surface area contributed by atoms with Crippen LogP contribution in [0.25, 0.3) is 0 Å². The molecule has 0 aromatic carbocycles. The van der Waals surface area contributed by atoms with Crippen molar-refractivity contribution in [2.45, 2.75) is 57.5 Å². The lowest BCUT2D eigenvalue weighted by molar-refractivity contribution is 0.196. The molecule has 18 heavy (non-hydrogen) atoms. The van der Waals surface area contributed by atoms with Gasteiger partial charge in [-0.15, -0.1) is 0 Å². The van der Waals surface area contributed by atoms with Gasteiger partial charge in [0, 0.05) is 12.1 Å². The topological polar surface area (TPSA) is 15.3 Å². The number of rotatable bonds is 5. The van der Waals surface area contributed by atoms with Crippen LogP contribution >= 0.6 is 0 Å². The predicted octanol–water partition coefficient (Wildman–Crippen LogP) is 2.74. The molecule has 2 nitrogen and oxygen atoms in total. The first kappa shape index (κ1) is 12.9. The number of hydrogen-bond acceptors (Lipinski definition) is 2. The second kappa shape index (κ2) is 5.13. The molecule has 3 aliphatic carbocycles. The Morgan fingerprint density at radius 1 is 1.11 bits per heavy atom. The summed E-state index contributed by atoms with van der Waals surface area (Å²) in [7, 11) is 4.35. The van der Waals surface area contributed by atoms with Gasteiger partial charge in [-0.05, 0) is 83.3 Å². The molecular formula is C16H30N2. The summed E-state index contributed by atoms with van der Waals surface area (Å²) < 4.78 is 0. The van der Waals surface area contributed by atoms with Gasteiger partial charge in [-0.2, -0.15) is 0 Å². The Hall–Kier alpha value is -0.0800. The lowest BCUT2D eigenvalue weighted by Crippen LogP contribution is -2.44. The summed E-state index contributed by atoms with van der Waals surface area (Å²) in [5.74, 6) is 4.35. The number of nitrogens with zero attached hydrogens (tertiary/aromatic N) is 1. The third kappa shape index (κ3) is 2.34. The van der Waals surface area contributed by atoms with E-state index in [1.807, 2.05) is 0 Å². The second-order valence-corrected chi connectivity index (χ2v) is 7.42. The zero-order valence-electron chi connectivity index (χ0n) is 12.4. The zero-order valence-corrected chi connectivity index (χ0v) is 12.4. The first-order valence-corrected chi connectivity index (χ1v) is 8.06. The maximum absolute atomic E-state index is 3.95. The quantitative estimate of drug-likeness (QED) is 0.807. The van der Waals surface area contributed by atoms with Gasteiger partial charge in [-0.3, -0.25) is 0 Å². The van der Waals surface area contributed by atoms with Crippen molar-refractivity contribution in [3.63, 3.8) is 0 Å². The van der Waals surface area contributed by atoms with E-state index < -0.39 is 0 Å². The van der Waals surface area contributed by atoms with E-state index in [1.54, 1.807) is 12.8 Å². The predicted molar refractivity (Wildman–Crippen MR) is 76.6 cm³/mol. The molecule has 1 N–H and O–H groups in total. The molecule has 6 atom stereocenters. The largest absolute Gasteiger partial charge is 0.311 e. The van der Waals surface area contributed by atoms with Gasteiger partial charge in [0.2, 0.25) is 0 Å². The molecule has 0 radical (unpaired) electrons. The van der Waals surface area contributed by atoms with E-state index in [-0.39, 0.29) is 0 Å². The summed E-state index contributed by atoms with van der Waals surface area (Å²) in [6.45, 7) is 3.59. The minimum Gasteiger partial charge on any atom is -0.311 e. The van der Waals surface area contributed by atoms with Crippen LogP contribution in [-0.2, 0) is 0 Å². The smallest absolute Gasteiger partial charge is 0.0103 e. The van der Waals surface area contributed by atoms with Gasteiger partial charge in [0.1, 0.15) is 0 Å². The molecule has 0 spiro atoms. The van der Waals surface area contributed by atoms with Gasteiger partial charge >= 0.3 is 0 Å². The second-order valence-electron chi connectivity index (χ2n) is 7.42. The van der Waals surface area contributed by atoms with Crippen molar-refractivity contribution in [1.29, 1.82) is 0 Å². The third-order valence-electron chi connectivity index (χ3n) is 5.94. The van der Waals surface area contributed by atoms with Gasteiger partial charge < -0.3 is 10.2 Å². The van der Waals surface area contributed by atoms with E-state index in [0.29, 0.717) is 6.04 Å². The first-order valence-electron chi connectivity index (χ1n) is 8.06. The summed E-state index contributed by atoms with van der Waals surface area (Å²) in [6.07, 6.45) is 8.93. The monoisotopic (exact) mass is 250 g/mol. The summed E-state index contributed by atoms with van der Waals surface area (Å²) in [6, 6.07) is 1.54. The van der Waals surface area contributed by atoms with Crippen molar-refractivity contribution in [2.24, 2.45) is 23.7 Å². The van der Waals surface area contributed by atoms with E-state index in [1.165, 1.54) is 32.2 Å². The Labute approximate surface area is 113 Å². The summed E-state index contributed by atoms with van der Waals surface area (Å²) in [4.78, 5) is 2.30. The molecule has 3 saturated carbocycles. The fourth-order valence-electron chi connectivity index (χ4n) is 5.16. The van der Waals surface area contributed by atoms with Gasteiger partial charge in [-0.25, -0.2) is 0 Å². The molecule has 3 rings (SSSR count). The van der Waals surface area contributed by atoms with Crippen molar-refractivity contribution < 1.29 is 0 Å². The Balaban J connectivity index is 1.50. The molecule has 104 valence electrons. The van der Waals surface area contributed by atoms with Gasteiger partial charge in [0.15, 0.2) is 0 Å². The summed E-state index contributed by atoms with van der Waals surface area (Å²) in [5, 5.41) is 3.95. The molecule has 0 amide bonds. The van der Waals surface area contributed by atoms with Crippen molar-refractivity contribution in [3.05, 3.63) is 0 Å². The summed E-state index contributed by atoms with van der Waals surface area (Å²) in [5.41, 5.74) is 0. The SMILES string of the molecule is CC(CCN(C)C)NC1CC2CC1C1CCCC21. The molecule has 3 aliphatic rings. The van der Waals surface area contributed by atoms with Crippen LogP contribution in [0.5, 0.6) is 0 Å². The van der Waals surface area contributed by atoms with Crippen LogP contribution in [0.4, 0.5) is 0 Å². The van der Waals surface area contributed by atoms with E-state index >= 15 is 0 Å². The van der Waals surface area contributed by atoms with Crippen LogP contribution in [0.3, 0.4) is 0 Å². The van der Waals surface area contributed by atoms with Crippen LogP contribution in [0, 0.1) is 23.7 Å². The summed E-state index contributed by atoms with van der Waals surface area (Å²) >= 11 is 0. The van der Waals surface area contributed by atoms with Crippen molar-refractivity contribution in [1.82, 2.24) is 10.2 Å². The number of hydrogen-bond donors (Lipinski definition) is 1. The Morgan fingerprint density at radius 3 is 2.67 bits per heavy atom. The Morgan fingerprint density at radius 2 is 1.89 bits per heavy atom. The highest BCUT2D eigenvalue weighted by Gasteiger charge is 2.53. The average molecular weight is 250 g/mol. The fourth-order valence-corrected chi connectivity index (χ4v) is 5.16. The van der Waals surface area contributed by atoms with Crippen LogP contribution in [0.1, 0.15) is 45.4 Å². The molecule has 0 saturated heterocycles. The average Bonchev–Trinajstić information content (AvgIpc) is 2.97. The molecule has 0 aromatic rings. The van der Waals surface area contributed by atoms with Crippen molar-refractivity contribution in [3.8, 4) is 0 Å². The zero-order chi connectivity index (χ0) is 12.7.